The van der Waals surface area contributed by atoms with Crippen LogP contribution in [0.15, 0.2) is 77.7 Å². The predicted molar refractivity (Wildman–Crippen MR) is 136 cm³/mol. The third-order valence-electron chi connectivity index (χ3n) is 5.37. The lowest BCUT2D eigenvalue weighted by atomic mass is 10.0. The fourth-order valence-electron chi connectivity index (χ4n) is 3.63. The lowest BCUT2D eigenvalue weighted by molar-refractivity contribution is -0.123. The number of carbonyl (C=O) groups is 1. The van der Waals surface area contributed by atoms with E-state index in [0.717, 1.165) is 11.1 Å². The summed E-state index contributed by atoms with van der Waals surface area (Å²) in [5.74, 6) is 0.551. The molecular formula is C26H29ClN2O5S. The fourth-order valence-corrected chi connectivity index (χ4v) is 5.15. The molecule has 1 amide bonds. The lowest BCUT2D eigenvalue weighted by Crippen LogP contribution is -2.48. The van der Waals surface area contributed by atoms with Gasteiger partial charge in [-0.3, -0.25) is 4.79 Å². The number of halogens is 1. The predicted octanol–water partition coefficient (Wildman–Crippen LogP) is 4.51. The molecule has 2 atom stereocenters. The van der Waals surface area contributed by atoms with Crippen LogP contribution in [0.2, 0.25) is 5.02 Å². The molecule has 3 aromatic rings. The van der Waals surface area contributed by atoms with E-state index in [1.54, 1.807) is 20.1 Å². The van der Waals surface area contributed by atoms with Crippen molar-refractivity contribution in [1.82, 2.24) is 10.0 Å². The second-order valence-corrected chi connectivity index (χ2v) is 9.98. The maximum atomic E-state index is 13.3. The van der Waals surface area contributed by atoms with Crippen LogP contribution in [0.1, 0.15) is 31.0 Å². The number of benzene rings is 3. The first-order chi connectivity index (χ1) is 16.7. The maximum Gasteiger partial charge on any atom is 0.241 e. The van der Waals surface area contributed by atoms with E-state index in [9.17, 15) is 13.2 Å². The van der Waals surface area contributed by atoms with Gasteiger partial charge in [0.2, 0.25) is 15.9 Å². The molecule has 0 heterocycles. The highest BCUT2D eigenvalue weighted by atomic mass is 35.5. The number of amides is 1. The van der Waals surface area contributed by atoms with Crippen molar-refractivity contribution in [1.29, 1.82) is 0 Å². The fraction of sp³-hybridized carbons (Fsp3) is 0.269. The SMILES string of the molecule is CCOc1ccc(S(=O)(=O)N[C@H](Cc2ccccc2)C(=O)N[C@@H](C)c2ccccc2OC)cc1Cl. The van der Waals surface area contributed by atoms with Gasteiger partial charge in [0.15, 0.2) is 0 Å². The van der Waals surface area contributed by atoms with Crippen LogP contribution in [-0.2, 0) is 21.2 Å². The van der Waals surface area contributed by atoms with Gasteiger partial charge in [-0.15, -0.1) is 0 Å². The Bertz CT molecular complexity index is 1250. The summed E-state index contributed by atoms with van der Waals surface area (Å²) < 4.78 is 39.7. The van der Waals surface area contributed by atoms with Crippen LogP contribution in [0.4, 0.5) is 0 Å². The molecule has 3 aromatic carbocycles. The van der Waals surface area contributed by atoms with E-state index < -0.39 is 28.0 Å². The minimum atomic E-state index is -4.07. The van der Waals surface area contributed by atoms with E-state index in [1.807, 2.05) is 55.5 Å². The Kier molecular flexibility index (Phi) is 9.14. The molecule has 0 bridgehead atoms. The molecule has 0 aromatic heterocycles. The van der Waals surface area contributed by atoms with E-state index >= 15 is 0 Å². The average Bonchev–Trinajstić information content (AvgIpc) is 2.85. The Balaban J connectivity index is 1.86. The summed E-state index contributed by atoms with van der Waals surface area (Å²) >= 11 is 6.20. The van der Waals surface area contributed by atoms with Gasteiger partial charge >= 0.3 is 0 Å². The third kappa shape index (κ3) is 6.97. The van der Waals surface area contributed by atoms with Gasteiger partial charge in [0.25, 0.3) is 0 Å². The molecule has 7 nitrogen and oxygen atoms in total. The quantitative estimate of drug-likeness (QED) is 0.391. The van der Waals surface area contributed by atoms with E-state index in [2.05, 4.69) is 10.0 Å². The first-order valence-electron chi connectivity index (χ1n) is 11.2. The van der Waals surface area contributed by atoms with E-state index in [4.69, 9.17) is 21.1 Å². The summed E-state index contributed by atoms with van der Waals surface area (Å²) in [6.45, 7) is 4.02. The van der Waals surface area contributed by atoms with Crippen LogP contribution in [0.25, 0.3) is 0 Å². The van der Waals surface area contributed by atoms with Crippen molar-refractivity contribution in [2.24, 2.45) is 0 Å². The summed E-state index contributed by atoms with van der Waals surface area (Å²) in [7, 11) is -2.51. The molecule has 0 saturated heterocycles. The van der Waals surface area contributed by atoms with Crippen LogP contribution in [0.3, 0.4) is 0 Å². The van der Waals surface area contributed by atoms with Crippen LogP contribution < -0.4 is 19.5 Å². The van der Waals surface area contributed by atoms with Crippen LogP contribution in [-0.4, -0.2) is 34.1 Å². The molecule has 0 fully saturated rings. The van der Waals surface area contributed by atoms with Gasteiger partial charge in [-0.2, -0.15) is 4.72 Å². The van der Waals surface area contributed by atoms with E-state index in [0.29, 0.717) is 18.1 Å². The van der Waals surface area contributed by atoms with Gasteiger partial charge in [-0.05, 0) is 50.1 Å². The number of para-hydroxylation sites is 1. The summed E-state index contributed by atoms with van der Waals surface area (Å²) in [4.78, 5) is 13.3. The average molecular weight is 517 g/mol. The largest absolute Gasteiger partial charge is 0.496 e. The number of hydrogen-bond acceptors (Lipinski definition) is 5. The number of hydrogen-bond donors (Lipinski definition) is 2. The molecule has 0 aliphatic heterocycles. The summed E-state index contributed by atoms with van der Waals surface area (Å²) in [5, 5.41) is 3.08. The summed E-state index contributed by atoms with van der Waals surface area (Å²) in [6, 6.07) is 19.3. The topological polar surface area (TPSA) is 93.7 Å². The van der Waals surface area contributed by atoms with Crippen molar-refractivity contribution in [3.05, 3.63) is 88.9 Å². The Labute approximate surface area is 211 Å². The second-order valence-electron chi connectivity index (χ2n) is 7.86. The summed E-state index contributed by atoms with van der Waals surface area (Å²) in [6.07, 6.45) is 0.162. The van der Waals surface area contributed by atoms with Gasteiger partial charge in [0.1, 0.15) is 17.5 Å². The molecule has 35 heavy (non-hydrogen) atoms. The third-order valence-corrected chi connectivity index (χ3v) is 7.14. The molecule has 0 spiro atoms. The van der Waals surface area contributed by atoms with Crippen molar-refractivity contribution in [2.45, 2.75) is 37.2 Å². The first kappa shape index (κ1) is 26.5. The summed E-state index contributed by atoms with van der Waals surface area (Å²) in [5.41, 5.74) is 1.59. The zero-order chi connectivity index (χ0) is 25.4. The Hall–Kier alpha value is -3.07. The van der Waals surface area contributed by atoms with Crippen molar-refractivity contribution in [3.8, 4) is 11.5 Å². The number of rotatable bonds is 11. The van der Waals surface area contributed by atoms with E-state index in [-0.39, 0.29) is 16.3 Å². The van der Waals surface area contributed by atoms with Gasteiger partial charge < -0.3 is 14.8 Å². The van der Waals surface area contributed by atoms with Crippen molar-refractivity contribution in [3.63, 3.8) is 0 Å². The number of methoxy groups -OCH3 is 1. The minimum absolute atomic E-state index is 0.0606. The second kappa shape index (κ2) is 12.1. The Morgan fingerprint density at radius 2 is 1.69 bits per heavy atom. The molecule has 0 saturated carbocycles. The molecule has 0 aliphatic rings. The van der Waals surface area contributed by atoms with E-state index in [1.165, 1.54) is 18.2 Å². The molecule has 2 N–H and O–H groups in total. The number of sulfonamides is 1. The van der Waals surface area contributed by atoms with Gasteiger partial charge in [-0.1, -0.05) is 60.1 Å². The highest BCUT2D eigenvalue weighted by molar-refractivity contribution is 7.89. The highest BCUT2D eigenvalue weighted by Crippen LogP contribution is 2.28. The normalized spacial score (nSPS) is 13.0. The lowest BCUT2D eigenvalue weighted by Gasteiger charge is -2.23. The molecule has 9 heteroatoms. The van der Waals surface area contributed by atoms with Gasteiger partial charge in [0, 0.05) is 5.56 Å². The Morgan fingerprint density at radius 1 is 1.00 bits per heavy atom. The van der Waals surface area contributed by atoms with Gasteiger partial charge in [-0.25, -0.2) is 8.42 Å². The minimum Gasteiger partial charge on any atom is -0.496 e. The van der Waals surface area contributed by atoms with Crippen molar-refractivity contribution in [2.75, 3.05) is 13.7 Å². The molecular weight excluding hydrogens is 488 g/mol. The van der Waals surface area contributed by atoms with Crippen LogP contribution in [0, 0.1) is 0 Å². The molecule has 186 valence electrons. The monoisotopic (exact) mass is 516 g/mol. The molecule has 0 radical (unpaired) electrons. The first-order valence-corrected chi connectivity index (χ1v) is 13.0. The zero-order valence-corrected chi connectivity index (χ0v) is 21.4. The Morgan fingerprint density at radius 3 is 2.34 bits per heavy atom. The van der Waals surface area contributed by atoms with Crippen molar-refractivity contribution < 1.29 is 22.7 Å². The van der Waals surface area contributed by atoms with Crippen LogP contribution >= 0.6 is 11.6 Å². The highest BCUT2D eigenvalue weighted by Gasteiger charge is 2.28. The van der Waals surface area contributed by atoms with Gasteiger partial charge in [0.05, 0.1) is 29.7 Å². The molecule has 0 unspecified atom stereocenters. The zero-order valence-electron chi connectivity index (χ0n) is 19.8. The number of nitrogens with one attached hydrogen (secondary N) is 2. The molecule has 3 rings (SSSR count). The maximum absolute atomic E-state index is 13.3. The number of carbonyl (C=O) groups excluding carboxylic acids is 1. The smallest absolute Gasteiger partial charge is 0.241 e. The standard InChI is InChI=1S/C26H29ClN2O5S/c1-4-34-25-15-14-20(17-22(25)27)35(31,32)29-23(16-19-10-6-5-7-11-19)26(30)28-18(2)21-12-8-9-13-24(21)33-3/h5-15,17-18,23,29H,4,16H2,1-3H3,(H,28,30)/t18-,23+/m0/s1. The van der Waals surface area contributed by atoms with Crippen molar-refractivity contribution >= 4 is 27.5 Å². The van der Waals surface area contributed by atoms with Crippen LogP contribution in [0.5, 0.6) is 11.5 Å². The number of ether oxygens (including phenoxy) is 2. The molecule has 0 aliphatic carbocycles.